The Labute approximate surface area is 136 Å². The van der Waals surface area contributed by atoms with E-state index in [4.69, 9.17) is 4.74 Å². The normalized spacial score (nSPS) is 20.0. The fourth-order valence-corrected chi connectivity index (χ4v) is 2.76. The van der Waals surface area contributed by atoms with E-state index in [0.717, 1.165) is 52.4 Å². The average molecular weight is 326 g/mol. The molecule has 2 heterocycles. The number of amides is 3. The summed E-state index contributed by atoms with van der Waals surface area (Å²) in [6.45, 7) is 6.10. The second-order valence-electron chi connectivity index (χ2n) is 5.91. The van der Waals surface area contributed by atoms with Gasteiger partial charge < -0.3 is 15.4 Å². The molecule has 0 aromatic rings. The van der Waals surface area contributed by atoms with Crippen LogP contribution in [-0.2, 0) is 19.1 Å². The van der Waals surface area contributed by atoms with E-state index in [2.05, 4.69) is 20.9 Å². The maximum absolute atomic E-state index is 11.9. The number of hydrogen-bond acceptors (Lipinski definition) is 6. The molecule has 3 amide bonds. The highest BCUT2D eigenvalue weighted by Gasteiger charge is 2.24. The monoisotopic (exact) mass is 326 g/mol. The van der Waals surface area contributed by atoms with Crippen LogP contribution in [0.5, 0.6) is 0 Å². The molecule has 8 heteroatoms. The Morgan fingerprint density at radius 1 is 1.09 bits per heavy atom. The van der Waals surface area contributed by atoms with Crippen molar-refractivity contribution < 1.29 is 19.1 Å². The van der Waals surface area contributed by atoms with Crippen molar-refractivity contribution in [3.05, 3.63) is 0 Å². The van der Waals surface area contributed by atoms with Crippen LogP contribution in [0.15, 0.2) is 0 Å². The third-order valence-corrected chi connectivity index (χ3v) is 4.19. The standard InChI is InChI=1S/C15H26N4O4/c20-13(12-2-5-16-6-3-12)18-15(22)14(21)17-4-1-7-19-8-10-23-11-9-19/h12,16H,1-11H2,(H,17,21)(H,18,20,22). The Morgan fingerprint density at radius 3 is 2.48 bits per heavy atom. The lowest BCUT2D eigenvalue weighted by Gasteiger charge is -2.26. The van der Waals surface area contributed by atoms with Crippen LogP contribution in [0.25, 0.3) is 0 Å². The van der Waals surface area contributed by atoms with Gasteiger partial charge in [-0.25, -0.2) is 0 Å². The molecule has 0 radical (unpaired) electrons. The van der Waals surface area contributed by atoms with E-state index in [0.29, 0.717) is 19.4 Å². The molecule has 0 aromatic heterocycles. The van der Waals surface area contributed by atoms with Gasteiger partial charge in [0.2, 0.25) is 5.91 Å². The Bertz CT molecular complexity index is 418. The van der Waals surface area contributed by atoms with Crippen molar-refractivity contribution in [3.63, 3.8) is 0 Å². The molecule has 2 aliphatic heterocycles. The molecule has 0 atom stereocenters. The molecule has 0 unspecified atom stereocenters. The minimum absolute atomic E-state index is 0.186. The van der Waals surface area contributed by atoms with Gasteiger partial charge >= 0.3 is 11.8 Å². The van der Waals surface area contributed by atoms with Gasteiger partial charge in [-0.3, -0.25) is 24.6 Å². The minimum Gasteiger partial charge on any atom is -0.379 e. The number of nitrogens with zero attached hydrogens (tertiary/aromatic N) is 1. The van der Waals surface area contributed by atoms with Gasteiger partial charge in [0.1, 0.15) is 0 Å². The number of rotatable bonds is 5. The number of imide groups is 1. The first kappa shape index (κ1) is 17.8. The molecular formula is C15H26N4O4. The van der Waals surface area contributed by atoms with Gasteiger partial charge in [0, 0.05) is 25.6 Å². The van der Waals surface area contributed by atoms with Gasteiger partial charge in [-0.1, -0.05) is 0 Å². The van der Waals surface area contributed by atoms with Gasteiger partial charge in [-0.05, 0) is 38.9 Å². The smallest absolute Gasteiger partial charge is 0.315 e. The Morgan fingerprint density at radius 2 is 1.78 bits per heavy atom. The zero-order valence-electron chi connectivity index (χ0n) is 13.4. The molecule has 2 rings (SSSR count). The number of nitrogens with one attached hydrogen (secondary N) is 3. The highest BCUT2D eigenvalue weighted by atomic mass is 16.5. The summed E-state index contributed by atoms with van der Waals surface area (Å²) in [5, 5.41) is 7.90. The summed E-state index contributed by atoms with van der Waals surface area (Å²) in [6, 6.07) is 0. The highest BCUT2D eigenvalue weighted by Crippen LogP contribution is 2.11. The summed E-state index contributed by atoms with van der Waals surface area (Å²) in [6.07, 6.45) is 2.15. The first-order valence-electron chi connectivity index (χ1n) is 8.30. The van der Waals surface area contributed by atoms with Gasteiger partial charge in [-0.2, -0.15) is 0 Å². The topological polar surface area (TPSA) is 99.8 Å². The van der Waals surface area contributed by atoms with Gasteiger partial charge in [0.25, 0.3) is 0 Å². The molecule has 2 fully saturated rings. The largest absolute Gasteiger partial charge is 0.379 e. The summed E-state index contributed by atoms with van der Waals surface area (Å²) in [5.41, 5.74) is 0. The lowest BCUT2D eigenvalue weighted by atomic mass is 9.97. The van der Waals surface area contributed by atoms with Crippen molar-refractivity contribution in [3.8, 4) is 0 Å². The third kappa shape index (κ3) is 6.25. The van der Waals surface area contributed by atoms with Crippen LogP contribution in [0.1, 0.15) is 19.3 Å². The molecule has 2 saturated heterocycles. The van der Waals surface area contributed by atoms with Crippen LogP contribution in [0.4, 0.5) is 0 Å². The molecule has 8 nitrogen and oxygen atoms in total. The van der Waals surface area contributed by atoms with E-state index in [1.165, 1.54) is 0 Å². The number of carbonyl (C=O) groups is 3. The van der Waals surface area contributed by atoms with Crippen LogP contribution >= 0.6 is 0 Å². The summed E-state index contributed by atoms with van der Waals surface area (Å²) < 4.78 is 5.26. The van der Waals surface area contributed by atoms with E-state index >= 15 is 0 Å². The number of morpholine rings is 1. The fraction of sp³-hybridized carbons (Fsp3) is 0.800. The molecule has 3 N–H and O–H groups in total. The van der Waals surface area contributed by atoms with Crippen LogP contribution in [0.2, 0.25) is 0 Å². The maximum atomic E-state index is 11.9. The van der Waals surface area contributed by atoms with Crippen molar-refractivity contribution in [1.29, 1.82) is 0 Å². The molecule has 0 aliphatic carbocycles. The molecule has 0 aromatic carbocycles. The predicted molar refractivity (Wildman–Crippen MR) is 83.6 cm³/mol. The van der Waals surface area contributed by atoms with E-state index in [-0.39, 0.29) is 11.8 Å². The van der Waals surface area contributed by atoms with E-state index in [9.17, 15) is 14.4 Å². The minimum atomic E-state index is -0.861. The third-order valence-electron chi connectivity index (χ3n) is 4.19. The van der Waals surface area contributed by atoms with Crippen molar-refractivity contribution in [2.45, 2.75) is 19.3 Å². The van der Waals surface area contributed by atoms with Crippen LogP contribution in [0.3, 0.4) is 0 Å². The van der Waals surface area contributed by atoms with Crippen molar-refractivity contribution in [2.75, 3.05) is 52.5 Å². The zero-order chi connectivity index (χ0) is 16.5. The number of ether oxygens (including phenoxy) is 1. The van der Waals surface area contributed by atoms with Crippen molar-refractivity contribution in [1.82, 2.24) is 20.9 Å². The number of piperidine rings is 1. The molecule has 0 saturated carbocycles. The fourth-order valence-electron chi connectivity index (χ4n) is 2.76. The molecule has 23 heavy (non-hydrogen) atoms. The first-order valence-corrected chi connectivity index (χ1v) is 8.30. The molecular weight excluding hydrogens is 300 g/mol. The Hall–Kier alpha value is -1.51. The van der Waals surface area contributed by atoms with Gasteiger partial charge in [-0.15, -0.1) is 0 Å². The Balaban J connectivity index is 1.58. The number of hydrogen-bond donors (Lipinski definition) is 3. The first-order chi connectivity index (χ1) is 11.2. The average Bonchev–Trinajstić information content (AvgIpc) is 2.60. The summed E-state index contributed by atoms with van der Waals surface area (Å²) in [5.74, 6) is -2.14. The van der Waals surface area contributed by atoms with Crippen LogP contribution < -0.4 is 16.0 Å². The lowest BCUT2D eigenvalue weighted by molar-refractivity contribution is -0.143. The Kier molecular flexibility index (Phi) is 7.44. The van der Waals surface area contributed by atoms with Crippen LogP contribution in [-0.4, -0.2) is 75.1 Å². The summed E-state index contributed by atoms with van der Waals surface area (Å²) in [4.78, 5) is 37.5. The SMILES string of the molecule is O=C(NCCCN1CCOCC1)C(=O)NC(=O)C1CCNCC1. The quantitative estimate of drug-likeness (QED) is 0.419. The second kappa shape index (κ2) is 9.59. The van der Waals surface area contributed by atoms with Crippen LogP contribution in [0, 0.1) is 5.92 Å². The second-order valence-corrected chi connectivity index (χ2v) is 5.91. The van der Waals surface area contributed by atoms with Gasteiger partial charge in [0.15, 0.2) is 0 Å². The highest BCUT2D eigenvalue weighted by molar-refractivity contribution is 6.37. The van der Waals surface area contributed by atoms with E-state index < -0.39 is 11.8 Å². The summed E-state index contributed by atoms with van der Waals surface area (Å²) in [7, 11) is 0. The number of carbonyl (C=O) groups excluding carboxylic acids is 3. The van der Waals surface area contributed by atoms with Crippen molar-refractivity contribution in [2.24, 2.45) is 5.92 Å². The maximum Gasteiger partial charge on any atom is 0.315 e. The van der Waals surface area contributed by atoms with E-state index in [1.54, 1.807) is 0 Å². The lowest BCUT2D eigenvalue weighted by Crippen LogP contribution is -2.47. The van der Waals surface area contributed by atoms with Crippen molar-refractivity contribution >= 4 is 17.7 Å². The summed E-state index contributed by atoms with van der Waals surface area (Å²) >= 11 is 0. The molecule has 130 valence electrons. The molecule has 0 bridgehead atoms. The molecule has 0 spiro atoms. The van der Waals surface area contributed by atoms with Gasteiger partial charge in [0.05, 0.1) is 13.2 Å². The zero-order valence-corrected chi connectivity index (χ0v) is 13.4. The molecule has 2 aliphatic rings. The van der Waals surface area contributed by atoms with E-state index in [1.807, 2.05) is 0 Å². The predicted octanol–water partition coefficient (Wildman–Crippen LogP) is -1.53.